The predicted octanol–water partition coefficient (Wildman–Crippen LogP) is 0.750. The predicted molar refractivity (Wildman–Crippen MR) is 68.6 cm³/mol. The monoisotopic (exact) mass is 323 g/mol. The second-order valence-electron chi connectivity index (χ2n) is 3.74. The van der Waals surface area contributed by atoms with Crippen molar-refractivity contribution in [3.05, 3.63) is 30.1 Å². The van der Waals surface area contributed by atoms with Crippen LogP contribution in [0.2, 0.25) is 0 Å². The molecule has 0 bridgehead atoms. The molecule has 118 valence electrons. The number of hydrogen-bond acceptors (Lipinski definition) is 7. The highest BCUT2D eigenvalue weighted by Gasteiger charge is 2.33. The molecule has 2 unspecified atom stereocenters. The van der Waals surface area contributed by atoms with Crippen LogP contribution < -0.4 is 10.2 Å². The third-order valence-corrected chi connectivity index (χ3v) is 3.19. The van der Waals surface area contributed by atoms with E-state index in [1.165, 1.54) is 0 Å². The third kappa shape index (κ3) is 6.19. The van der Waals surface area contributed by atoms with Crippen molar-refractivity contribution < 1.29 is 38.0 Å². The highest BCUT2D eigenvalue weighted by molar-refractivity contribution is 7.53. The summed E-state index contributed by atoms with van der Waals surface area (Å²) in [6.45, 7) is 1.24. The molecular formula is C11H15FNO7P. The van der Waals surface area contributed by atoms with Crippen LogP contribution in [0.15, 0.2) is 24.3 Å². The van der Waals surface area contributed by atoms with Gasteiger partial charge in [-0.1, -0.05) is 4.67 Å². The summed E-state index contributed by atoms with van der Waals surface area (Å²) < 4.78 is 33.0. The average molecular weight is 323 g/mol. The topological polar surface area (TPSA) is 114 Å². The Bertz CT molecular complexity index is 510. The van der Waals surface area contributed by atoms with E-state index < -0.39 is 31.9 Å². The zero-order valence-corrected chi connectivity index (χ0v) is 12.0. The van der Waals surface area contributed by atoms with Crippen LogP contribution in [0.5, 0.6) is 5.75 Å². The van der Waals surface area contributed by atoms with Gasteiger partial charge in [0.05, 0.1) is 13.2 Å². The van der Waals surface area contributed by atoms with Gasteiger partial charge < -0.3 is 19.6 Å². The summed E-state index contributed by atoms with van der Waals surface area (Å²) in [5.74, 6) is -3.33. The summed E-state index contributed by atoms with van der Waals surface area (Å²) >= 11 is 0. The fourth-order valence-corrected chi connectivity index (χ4v) is 1.73. The van der Waals surface area contributed by atoms with Gasteiger partial charge in [-0.05, 0) is 31.2 Å². The van der Waals surface area contributed by atoms with Gasteiger partial charge in [-0.2, -0.15) is 0 Å². The molecule has 0 fully saturated rings. The van der Waals surface area contributed by atoms with E-state index in [4.69, 9.17) is 0 Å². The molecule has 1 aromatic carbocycles. The van der Waals surface area contributed by atoms with Gasteiger partial charge in [-0.25, -0.2) is 4.39 Å². The molecule has 0 aromatic heterocycles. The van der Waals surface area contributed by atoms with E-state index in [9.17, 15) is 23.7 Å². The number of nitrogens with one attached hydrogen (secondary N) is 1. The summed E-state index contributed by atoms with van der Waals surface area (Å²) in [5.41, 5.74) is 0. The Balaban J connectivity index is 2.46. The van der Waals surface area contributed by atoms with E-state index in [0.717, 1.165) is 24.3 Å². The first-order valence-corrected chi connectivity index (χ1v) is 7.51. The Labute approximate surface area is 119 Å². The molecule has 1 aromatic rings. The van der Waals surface area contributed by atoms with Gasteiger partial charge in [0.25, 0.3) is 0 Å². The van der Waals surface area contributed by atoms with Crippen molar-refractivity contribution >= 4 is 13.6 Å². The number of rotatable bonds is 8. The Kier molecular flexibility index (Phi) is 6.73. The zero-order chi connectivity index (χ0) is 15.9. The highest BCUT2D eigenvalue weighted by atomic mass is 31.2. The van der Waals surface area contributed by atoms with Crippen molar-refractivity contribution in [3.63, 3.8) is 0 Å². The lowest BCUT2D eigenvalue weighted by Gasteiger charge is -2.17. The smallest absolute Gasteiger partial charge is 0.408 e. The molecule has 0 aliphatic rings. The van der Waals surface area contributed by atoms with E-state index in [2.05, 4.69) is 19.6 Å². The number of ether oxygens (including phenoxy) is 1. The Morgan fingerprint density at radius 1 is 1.43 bits per heavy atom. The van der Waals surface area contributed by atoms with Crippen LogP contribution in [-0.4, -0.2) is 35.1 Å². The highest BCUT2D eigenvalue weighted by Crippen LogP contribution is 2.45. The van der Waals surface area contributed by atoms with E-state index in [1.54, 1.807) is 6.92 Å². The maximum Gasteiger partial charge on any atom is 0.408 e. The molecule has 0 amide bonds. The molecule has 8 nitrogen and oxygen atoms in total. The normalized spacial score (nSPS) is 15.0. The van der Waals surface area contributed by atoms with Crippen LogP contribution in [0, 0.1) is 5.82 Å². The second-order valence-corrected chi connectivity index (χ2v) is 5.50. The van der Waals surface area contributed by atoms with E-state index in [-0.39, 0.29) is 12.4 Å². The average Bonchev–Trinajstić information content (AvgIpc) is 2.44. The van der Waals surface area contributed by atoms with Gasteiger partial charge in [0.15, 0.2) is 5.75 Å². The molecule has 0 radical (unpaired) electrons. The lowest BCUT2D eigenvalue weighted by atomic mass is 10.3. The van der Waals surface area contributed by atoms with Crippen molar-refractivity contribution in [2.45, 2.75) is 12.9 Å². The number of carbonyl (C=O) groups excluding carboxylic acids is 1. The molecule has 0 aliphatic heterocycles. The first-order valence-electron chi connectivity index (χ1n) is 5.86. The van der Waals surface area contributed by atoms with Crippen LogP contribution in [0.1, 0.15) is 6.92 Å². The summed E-state index contributed by atoms with van der Waals surface area (Å²) in [4.78, 5) is 24.9. The van der Waals surface area contributed by atoms with Crippen LogP contribution >= 0.6 is 7.60 Å². The first-order chi connectivity index (χ1) is 9.85. The van der Waals surface area contributed by atoms with Gasteiger partial charge in [-0.3, -0.25) is 14.7 Å². The fraction of sp³-hybridized carbons (Fsp3) is 0.364. The van der Waals surface area contributed by atoms with Crippen LogP contribution in [-0.2, 0) is 18.8 Å². The minimum Gasteiger partial charge on any atom is -0.465 e. The summed E-state index contributed by atoms with van der Waals surface area (Å²) in [7, 11) is -4.62. The van der Waals surface area contributed by atoms with Crippen LogP contribution in [0.4, 0.5) is 4.39 Å². The standard InChI is InChI=1S/C11H15FNO7P/c1-2-18-10(14)7-13-11(15)21(16,17)20-19-9-5-3-8(12)4-6-9/h3-6,11,13,15H,2,7H2,1H3,(H,16,17). The fourth-order valence-electron chi connectivity index (χ4n) is 1.13. The quantitative estimate of drug-likeness (QED) is 0.211. The van der Waals surface area contributed by atoms with Crippen molar-refractivity contribution in [1.29, 1.82) is 0 Å². The Hall–Kier alpha value is -1.51. The summed E-state index contributed by atoms with van der Waals surface area (Å²) in [6, 6.07) is 4.42. The van der Waals surface area contributed by atoms with Gasteiger partial charge in [0, 0.05) is 0 Å². The van der Waals surface area contributed by atoms with Gasteiger partial charge in [0.1, 0.15) is 5.82 Å². The number of hydrogen-bond donors (Lipinski definition) is 3. The number of benzene rings is 1. The van der Waals surface area contributed by atoms with Crippen molar-refractivity contribution in [2.24, 2.45) is 0 Å². The van der Waals surface area contributed by atoms with Crippen LogP contribution in [0.25, 0.3) is 0 Å². The minimum atomic E-state index is -4.62. The van der Waals surface area contributed by atoms with E-state index >= 15 is 0 Å². The summed E-state index contributed by atoms with van der Waals surface area (Å²) in [6.07, 6.45) is 0. The molecule has 0 aliphatic carbocycles. The molecular weight excluding hydrogens is 308 g/mol. The molecule has 1 rings (SSSR count). The molecule has 10 heteroatoms. The molecule has 3 N–H and O–H groups in total. The maximum atomic E-state index is 12.6. The number of esters is 1. The lowest BCUT2D eigenvalue weighted by Crippen LogP contribution is -2.34. The first kappa shape index (κ1) is 17.5. The van der Waals surface area contributed by atoms with E-state index in [1.807, 2.05) is 0 Å². The third-order valence-electron chi connectivity index (χ3n) is 2.10. The summed E-state index contributed by atoms with van der Waals surface area (Å²) in [5, 5.41) is 11.5. The molecule has 21 heavy (non-hydrogen) atoms. The van der Waals surface area contributed by atoms with Crippen LogP contribution in [0.3, 0.4) is 0 Å². The van der Waals surface area contributed by atoms with Gasteiger partial charge in [0.2, 0.25) is 5.97 Å². The molecule has 0 saturated heterocycles. The SMILES string of the molecule is CCOC(=O)CNC(O)P(=O)(O)OOc1ccc(F)cc1. The Morgan fingerprint density at radius 3 is 2.62 bits per heavy atom. The number of aliphatic hydroxyl groups excluding tert-OH is 1. The number of carbonyl (C=O) groups is 1. The largest absolute Gasteiger partial charge is 0.465 e. The molecule has 0 saturated carbocycles. The molecule has 0 spiro atoms. The van der Waals surface area contributed by atoms with Crippen molar-refractivity contribution in [2.75, 3.05) is 13.2 Å². The minimum absolute atomic E-state index is 0.0386. The Morgan fingerprint density at radius 2 is 2.05 bits per heavy atom. The second kappa shape index (κ2) is 8.06. The lowest BCUT2D eigenvalue weighted by molar-refractivity contribution is -0.142. The molecule has 0 heterocycles. The number of halogens is 1. The van der Waals surface area contributed by atoms with Crippen molar-refractivity contribution in [1.82, 2.24) is 5.32 Å². The maximum absolute atomic E-state index is 12.6. The zero-order valence-electron chi connectivity index (χ0n) is 11.1. The van der Waals surface area contributed by atoms with Gasteiger partial charge >= 0.3 is 13.6 Å². The van der Waals surface area contributed by atoms with E-state index in [0.29, 0.717) is 0 Å². The van der Waals surface area contributed by atoms with Crippen molar-refractivity contribution in [3.8, 4) is 5.75 Å². The van der Waals surface area contributed by atoms with Gasteiger partial charge in [-0.15, -0.1) is 0 Å². The molecule has 2 atom stereocenters. The number of aliphatic hydroxyl groups is 1.